The van der Waals surface area contributed by atoms with E-state index in [4.69, 9.17) is 11.0 Å². The maximum Gasteiger partial charge on any atom is 0.185 e. The van der Waals surface area contributed by atoms with Crippen molar-refractivity contribution < 1.29 is 4.39 Å². The zero-order chi connectivity index (χ0) is 17.4. The molecule has 0 saturated heterocycles. The lowest BCUT2D eigenvalue weighted by atomic mass is 10.0. The molecule has 0 fully saturated rings. The second-order valence-electron chi connectivity index (χ2n) is 5.39. The molecule has 2 N–H and O–H groups in total. The van der Waals surface area contributed by atoms with Crippen LogP contribution in [0.1, 0.15) is 5.56 Å². The second kappa shape index (κ2) is 5.69. The van der Waals surface area contributed by atoms with Crippen LogP contribution in [-0.4, -0.2) is 20.0 Å². The second-order valence-corrected chi connectivity index (χ2v) is 5.39. The van der Waals surface area contributed by atoms with Gasteiger partial charge in [-0.25, -0.2) is 4.39 Å². The first-order valence-corrected chi connectivity index (χ1v) is 7.44. The first-order chi connectivity index (χ1) is 12.2. The van der Waals surface area contributed by atoms with Gasteiger partial charge in [0.05, 0.1) is 6.20 Å². The molecule has 0 unspecified atom stereocenters. The highest BCUT2D eigenvalue weighted by atomic mass is 19.1. The molecule has 0 aliphatic rings. The molecule has 0 atom stereocenters. The van der Waals surface area contributed by atoms with Crippen molar-refractivity contribution in [3.8, 4) is 23.1 Å². The number of nitrogens with two attached hydrogens (primary N) is 1. The van der Waals surface area contributed by atoms with Crippen LogP contribution in [0.2, 0.25) is 0 Å². The lowest BCUT2D eigenvalue weighted by Gasteiger charge is -2.10. The summed E-state index contributed by atoms with van der Waals surface area (Å²) in [6.07, 6.45) is 1.39. The summed E-state index contributed by atoms with van der Waals surface area (Å²) in [5, 5.41) is 23.3. The average molecular weight is 330 g/mol. The number of nitriles is 1. The van der Waals surface area contributed by atoms with E-state index in [0.717, 1.165) is 16.3 Å². The number of hydrogen-bond acceptors (Lipinski definition) is 5. The van der Waals surface area contributed by atoms with E-state index in [9.17, 15) is 4.39 Å². The summed E-state index contributed by atoms with van der Waals surface area (Å²) in [7, 11) is 0. The van der Waals surface area contributed by atoms with Crippen LogP contribution in [0.15, 0.2) is 54.7 Å². The normalized spacial score (nSPS) is 10.7. The molecule has 0 amide bonds. The smallest absolute Gasteiger partial charge is 0.185 e. The van der Waals surface area contributed by atoms with Gasteiger partial charge in [0, 0.05) is 16.3 Å². The molecule has 25 heavy (non-hydrogen) atoms. The number of rotatable bonds is 2. The Labute approximate surface area is 142 Å². The van der Waals surface area contributed by atoms with Gasteiger partial charge in [0.15, 0.2) is 5.82 Å². The summed E-state index contributed by atoms with van der Waals surface area (Å²) in [6, 6.07) is 15.6. The van der Waals surface area contributed by atoms with Gasteiger partial charge < -0.3 is 5.73 Å². The van der Waals surface area contributed by atoms with Gasteiger partial charge in [-0.1, -0.05) is 24.3 Å². The summed E-state index contributed by atoms with van der Waals surface area (Å²) in [5.74, 6) is 0.322. The standard InChI is InChI=1S/C18H11FN6/c19-13-7-5-11(6-8-13)16-14-3-1-2-4-15(14)18(24-23-16)25-17(21)12(9-20)10-22-25/h1-8,10H,21H2. The molecule has 0 spiro atoms. The largest absolute Gasteiger partial charge is 0.382 e. The minimum Gasteiger partial charge on any atom is -0.382 e. The van der Waals surface area contributed by atoms with E-state index in [-0.39, 0.29) is 17.2 Å². The van der Waals surface area contributed by atoms with Crippen molar-refractivity contribution in [2.75, 3.05) is 5.73 Å². The number of nitrogen functional groups attached to an aromatic ring is 1. The third-order valence-electron chi connectivity index (χ3n) is 3.91. The Morgan fingerprint density at radius 2 is 1.72 bits per heavy atom. The summed E-state index contributed by atoms with van der Waals surface area (Å²) in [5.41, 5.74) is 7.63. The molecule has 4 rings (SSSR count). The molecule has 2 aromatic carbocycles. The fourth-order valence-electron chi connectivity index (χ4n) is 2.68. The van der Waals surface area contributed by atoms with Crippen LogP contribution in [0, 0.1) is 17.1 Å². The maximum absolute atomic E-state index is 13.2. The number of fused-ring (bicyclic) bond motifs is 1. The Morgan fingerprint density at radius 3 is 2.40 bits per heavy atom. The summed E-state index contributed by atoms with van der Waals surface area (Å²) in [6.45, 7) is 0. The number of hydrogen-bond donors (Lipinski definition) is 1. The third kappa shape index (κ3) is 2.37. The lowest BCUT2D eigenvalue weighted by molar-refractivity contribution is 0.628. The zero-order valence-electron chi connectivity index (χ0n) is 12.9. The van der Waals surface area contributed by atoms with Crippen LogP contribution in [0.3, 0.4) is 0 Å². The highest BCUT2D eigenvalue weighted by Crippen LogP contribution is 2.30. The molecule has 120 valence electrons. The predicted octanol–water partition coefficient (Wildman–Crippen LogP) is 3.08. The van der Waals surface area contributed by atoms with Crippen molar-refractivity contribution >= 4 is 16.6 Å². The topological polar surface area (TPSA) is 93.4 Å². The molecule has 6 nitrogen and oxygen atoms in total. The number of halogens is 1. The Bertz CT molecular complexity index is 1120. The number of nitrogens with zero attached hydrogens (tertiary/aromatic N) is 5. The molecular formula is C18H11FN6. The first kappa shape index (κ1) is 14.8. The van der Waals surface area contributed by atoms with Crippen LogP contribution in [0.25, 0.3) is 27.8 Å². The van der Waals surface area contributed by atoms with E-state index >= 15 is 0 Å². The molecular weight excluding hydrogens is 319 g/mol. The highest BCUT2D eigenvalue weighted by Gasteiger charge is 2.16. The Kier molecular flexibility index (Phi) is 3.36. The van der Waals surface area contributed by atoms with Gasteiger partial charge >= 0.3 is 0 Å². The van der Waals surface area contributed by atoms with E-state index in [2.05, 4.69) is 15.3 Å². The molecule has 0 aliphatic carbocycles. The fraction of sp³-hybridized carbons (Fsp3) is 0. The van der Waals surface area contributed by atoms with Gasteiger partial charge in [-0.05, 0) is 24.3 Å². The molecule has 4 aromatic rings. The van der Waals surface area contributed by atoms with E-state index in [1.807, 2.05) is 30.3 Å². The van der Waals surface area contributed by atoms with Gasteiger partial charge in [-0.3, -0.25) is 0 Å². The molecule has 0 radical (unpaired) electrons. The number of aromatic nitrogens is 4. The first-order valence-electron chi connectivity index (χ1n) is 7.44. The highest BCUT2D eigenvalue weighted by molar-refractivity contribution is 5.98. The van der Waals surface area contributed by atoms with Crippen molar-refractivity contribution in [3.05, 3.63) is 66.1 Å². The predicted molar refractivity (Wildman–Crippen MR) is 91.2 cm³/mol. The Morgan fingerprint density at radius 1 is 1.00 bits per heavy atom. The van der Waals surface area contributed by atoms with Crippen molar-refractivity contribution in [2.45, 2.75) is 0 Å². The summed E-state index contributed by atoms with van der Waals surface area (Å²) < 4.78 is 14.6. The van der Waals surface area contributed by atoms with Gasteiger partial charge in [0.25, 0.3) is 0 Å². The van der Waals surface area contributed by atoms with Crippen LogP contribution in [-0.2, 0) is 0 Å². The molecule has 2 heterocycles. The van der Waals surface area contributed by atoms with Crippen LogP contribution < -0.4 is 5.73 Å². The lowest BCUT2D eigenvalue weighted by Crippen LogP contribution is -2.07. The van der Waals surface area contributed by atoms with E-state index < -0.39 is 0 Å². The fourth-order valence-corrected chi connectivity index (χ4v) is 2.68. The number of anilines is 1. The van der Waals surface area contributed by atoms with Crippen molar-refractivity contribution in [1.29, 1.82) is 5.26 Å². The minimum atomic E-state index is -0.314. The van der Waals surface area contributed by atoms with Gasteiger partial charge in [0.1, 0.15) is 29.0 Å². The molecule has 0 saturated carbocycles. The quantitative estimate of drug-likeness (QED) is 0.609. The van der Waals surface area contributed by atoms with Crippen LogP contribution >= 0.6 is 0 Å². The summed E-state index contributed by atoms with van der Waals surface area (Å²) in [4.78, 5) is 0. The van der Waals surface area contributed by atoms with Crippen molar-refractivity contribution in [3.63, 3.8) is 0 Å². The number of benzene rings is 2. The van der Waals surface area contributed by atoms with Crippen LogP contribution in [0.4, 0.5) is 10.2 Å². The van der Waals surface area contributed by atoms with E-state index in [0.29, 0.717) is 11.5 Å². The molecule has 2 aromatic heterocycles. The Hall–Kier alpha value is -3.79. The third-order valence-corrected chi connectivity index (χ3v) is 3.91. The molecule has 0 bridgehead atoms. The molecule has 0 aliphatic heterocycles. The monoisotopic (exact) mass is 330 g/mol. The maximum atomic E-state index is 13.2. The van der Waals surface area contributed by atoms with Gasteiger partial charge in [0.2, 0.25) is 0 Å². The van der Waals surface area contributed by atoms with Crippen LogP contribution in [0.5, 0.6) is 0 Å². The van der Waals surface area contributed by atoms with E-state index in [1.54, 1.807) is 12.1 Å². The SMILES string of the molecule is N#Cc1cnn(-c2nnc(-c3ccc(F)cc3)c3ccccc23)c1N. The average Bonchev–Trinajstić information content (AvgIpc) is 3.02. The van der Waals surface area contributed by atoms with Gasteiger partial charge in [-0.2, -0.15) is 15.0 Å². The van der Waals surface area contributed by atoms with Gasteiger partial charge in [-0.15, -0.1) is 10.2 Å². The summed E-state index contributed by atoms with van der Waals surface area (Å²) >= 11 is 0. The van der Waals surface area contributed by atoms with Crippen molar-refractivity contribution in [1.82, 2.24) is 20.0 Å². The molecule has 7 heteroatoms. The zero-order valence-corrected chi connectivity index (χ0v) is 12.9. The minimum absolute atomic E-state index is 0.205. The Balaban J connectivity index is 1.98. The van der Waals surface area contributed by atoms with Crippen molar-refractivity contribution in [2.24, 2.45) is 0 Å². The van der Waals surface area contributed by atoms with E-state index in [1.165, 1.54) is 23.0 Å².